The molecule has 0 unspecified atom stereocenters. The van der Waals surface area contributed by atoms with Crippen LogP contribution in [-0.4, -0.2) is 51.2 Å². The molecule has 106 valence electrons. The molecule has 1 aromatic carbocycles. The molecule has 0 spiro atoms. The van der Waals surface area contributed by atoms with Gasteiger partial charge in [0.2, 0.25) is 0 Å². The molecular weight excluding hydrogens is 234 g/mol. The van der Waals surface area contributed by atoms with E-state index in [1.54, 1.807) is 0 Å². The Morgan fingerprint density at radius 1 is 1.21 bits per heavy atom. The van der Waals surface area contributed by atoms with E-state index in [1.807, 2.05) is 0 Å². The van der Waals surface area contributed by atoms with E-state index in [4.69, 9.17) is 0 Å². The molecule has 1 saturated heterocycles. The van der Waals surface area contributed by atoms with Gasteiger partial charge in [0.15, 0.2) is 0 Å². The van der Waals surface area contributed by atoms with Gasteiger partial charge >= 0.3 is 0 Å². The Labute approximate surface area is 117 Å². The number of hydrogen-bond donors (Lipinski definition) is 1. The van der Waals surface area contributed by atoms with Crippen LogP contribution in [0.5, 0.6) is 0 Å². The number of nitrogens with one attached hydrogen (secondary N) is 1. The zero-order valence-corrected chi connectivity index (χ0v) is 12.6. The van der Waals surface area contributed by atoms with Crippen LogP contribution in [0.25, 0.3) is 0 Å². The molecule has 1 aromatic rings. The topological polar surface area (TPSA) is 18.5 Å². The summed E-state index contributed by atoms with van der Waals surface area (Å²) in [4.78, 5) is 4.95. The smallest absolute Gasteiger partial charge is 0.0393 e. The van der Waals surface area contributed by atoms with Gasteiger partial charge in [0.25, 0.3) is 0 Å². The highest BCUT2D eigenvalue weighted by Gasteiger charge is 2.10. The highest BCUT2D eigenvalue weighted by atomic mass is 15.2. The third-order valence-electron chi connectivity index (χ3n) is 3.95. The summed E-state index contributed by atoms with van der Waals surface area (Å²) in [5.74, 6) is 0. The van der Waals surface area contributed by atoms with E-state index in [0.29, 0.717) is 0 Å². The molecule has 0 saturated carbocycles. The van der Waals surface area contributed by atoms with E-state index in [-0.39, 0.29) is 0 Å². The lowest BCUT2D eigenvalue weighted by Gasteiger charge is -2.26. The van der Waals surface area contributed by atoms with Gasteiger partial charge in [-0.25, -0.2) is 0 Å². The molecule has 3 heteroatoms. The summed E-state index contributed by atoms with van der Waals surface area (Å²) >= 11 is 0. The number of benzene rings is 1. The Balaban J connectivity index is 1.87. The normalized spacial score (nSPS) is 17.2. The quantitative estimate of drug-likeness (QED) is 0.895. The van der Waals surface area contributed by atoms with Gasteiger partial charge in [-0.15, -0.1) is 0 Å². The molecule has 1 aliphatic heterocycles. The van der Waals surface area contributed by atoms with E-state index in [2.05, 4.69) is 54.2 Å². The first-order valence-electron chi connectivity index (χ1n) is 7.38. The molecule has 0 aliphatic carbocycles. The largest absolute Gasteiger partial charge is 0.373 e. The van der Waals surface area contributed by atoms with Crippen molar-refractivity contribution >= 4 is 5.69 Å². The molecule has 3 nitrogen and oxygen atoms in total. The Kier molecular flexibility index (Phi) is 5.23. The van der Waals surface area contributed by atoms with E-state index in [0.717, 1.165) is 19.6 Å². The van der Waals surface area contributed by atoms with E-state index >= 15 is 0 Å². The molecule has 1 aliphatic rings. The Hall–Kier alpha value is -1.06. The van der Waals surface area contributed by atoms with Crippen LogP contribution < -0.4 is 10.2 Å². The predicted octanol–water partition coefficient (Wildman–Crippen LogP) is 2.03. The SMILES string of the molecule is Cc1ccc(N(C)CCN2CCCNCC2)c(C)c1. The van der Waals surface area contributed by atoms with E-state index in [9.17, 15) is 0 Å². The third kappa shape index (κ3) is 4.22. The van der Waals surface area contributed by atoms with Crippen molar-refractivity contribution in [2.75, 3.05) is 51.2 Å². The maximum atomic E-state index is 3.46. The first-order chi connectivity index (χ1) is 9.16. The molecule has 0 bridgehead atoms. The van der Waals surface area contributed by atoms with Crippen LogP contribution in [0.3, 0.4) is 0 Å². The van der Waals surface area contributed by atoms with Gasteiger partial charge in [0, 0.05) is 38.9 Å². The summed E-state index contributed by atoms with van der Waals surface area (Å²) in [6.45, 7) is 11.3. The van der Waals surface area contributed by atoms with Gasteiger partial charge in [0.05, 0.1) is 0 Å². The molecule has 1 N–H and O–H groups in total. The van der Waals surface area contributed by atoms with Gasteiger partial charge in [-0.1, -0.05) is 17.7 Å². The molecule has 2 rings (SSSR count). The minimum Gasteiger partial charge on any atom is -0.373 e. The first kappa shape index (κ1) is 14.4. The molecular formula is C16H27N3. The van der Waals surface area contributed by atoms with Crippen LogP contribution in [0.4, 0.5) is 5.69 Å². The standard InChI is InChI=1S/C16H27N3/c1-14-5-6-16(15(2)13-14)18(3)11-12-19-9-4-7-17-8-10-19/h5-6,13,17H,4,7-12H2,1-3H3. The number of anilines is 1. The fraction of sp³-hybridized carbons (Fsp3) is 0.625. The predicted molar refractivity (Wildman–Crippen MR) is 83.1 cm³/mol. The van der Waals surface area contributed by atoms with Crippen molar-refractivity contribution in [1.82, 2.24) is 10.2 Å². The summed E-state index contributed by atoms with van der Waals surface area (Å²) in [7, 11) is 2.20. The van der Waals surface area contributed by atoms with Crippen molar-refractivity contribution in [3.63, 3.8) is 0 Å². The summed E-state index contributed by atoms with van der Waals surface area (Å²) < 4.78 is 0. The van der Waals surface area contributed by atoms with Crippen LogP contribution in [0, 0.1) is 13.8 Å². The maximum absolute atomic E-state index is 3.46. The number of aryl methyl sites for hydroxylation is 2. The van der Waals surface area contributed by atoms with E-state index in [1.165, 1.54) is 42.9 Å². The summed E-state index contributed by atoms with van der Waals surface area (Å²) in [5.41, 5.74) is 4.08. The van der Waals surface area contributed by atoms with Gasteiger partial charge in [0.1, 0.15) is 0 Å². The Morgan fingerprint density at radius 2 is 2.05 bits per heavy atom. The lowest BCUT2D eigenvalue weighted by atomic mass is 10.1. The van der Waals surface area contributed by atoms with Crippen LogP contribution in [0.1, 0.15) is 17.5 Å². The first-order valence-corrected chi connectivity index (χ1v) is 7.38. The minimum absolute atomic E-state index is 1.10. The monoisotopic (exact) mass is 261 g/mol. The van der Waals surface area contributed by atoms with Crippen LogP contribution >= 0.6 is 0 Å². The van der Waals surface area contributed by atoms with Crippen molar-refractivity contribution in [3.05, 3.63) is 29.3 Å². The molecule has 1 heterocycles. The minimum atomic E-state index is 1.10. The summed E-state index contributed by atoms with van der Waals surface area (Å²) in [5, 5.41) is 3.46. The molecule has 1 fully saturated rings. The van der Waals surface area contributed by atoms with Gasteiger partial charge in [-0.2, -0.15) is 0 Å². The zero-order valence-electron chi connectivity index (χ0n) is 12.6. The van der Waals surface area contributed by atoms with Crippen molar-refractivity contribution in [1.29, 1.82) is 0 Å². The molecule has 0 amide bonds. The number of rotatable bonds is 4. The third-order valence-corrected chi connectivity index (χ3v) is 3.95. The second kappa shape index (κ2) is 6.92. The fourth-order valence-electron chi connectivity index (χ4n) is 2.77. The van der Waals surface area contributed by atoms with Gasteiger partial charge in [-0.3, -0.25) is 0 Å². The van der Waals surface area contributed by atoms with Crippen molar-refractivity contribution in [3.8, 4) is 0 Å². The van der Waals surface area contributed by atoms with Crippen molar-refractivity contribution < 1.29 is 0 Å². The van der Waals surface area contributed by atoms with Crippen LogP contribution in [-0.2, 0) is 0 Å². The maximum Gasteiger partial charge on any atom is 0.0393 e. The average Bonchev–Trinajstić information content (AvgIpc) is 2.64. The lowest BCUT2D eigenvalue weighted by molar-refractivity contribution is 0.299. The highest BCUT2D eigenvalue weighted by molar-refractivity contribution is 5.53. The van der Waals surface area contributed by atoms with E-state index < -0.39 is 0 Å². The highest BCUT2D eigenvalue weighted by Crippen LogP contribution is 2.19. The molecule has 0 radical (unpaired) electrons. The van der Waals surface area contributed by atoms with Crippen LogP contribution in [0.15, 0.2) is 18.2 Å². The van der Waals surface area contributed by atoms with Crippen LogP contribution in [0.2, 0.25) is 0 Å². The Morgan fingerprint density at radius 3 is 2.84 bits per heavy atom. The average molecular weight is 261 g/mol. The lowest BCUT2D eigenvalue weighted by Crippen LogP contribution is -2.35. The van der Waals surface area contributed by atoms with Crippen molar-refractivity contribution in [2.45, 2.75) is 20.3 Å². The number of nitrogens with zero attached hydrogens (tertiary/aromatic N) is 2. The summed E-state index contributed by atoms with van der Waals surface area (Å²) in [6.07, 6.45) is 1.27. The molecule has 0 atom stereocenters. The second-order valence-electron chi connectivity index (χ2n) is 5.66. The Bertz CT molecular complexity index is 395. The number of hydrogen-bond acceptors (Lipinski definition) is 3. The molecule has 0 aromatic heterocycles. The molecule has 19 heavy (non-hydrogen) atoms. The number of likely N-dealkylation sites (N-methyl/N-ethyl adjacent to an activating group) is 1. The van der Waals surface area contributed by atoms with Gasteiger partial charge < -0.3 is 15.1 Å². The summed E-state index contributed by atoms with van der Waals surface area (Å²) in [6, 6.07) is 6.71. The second-order valence-corrected chi connectivity index (χ2v) is 5.66. The fourth-order valence-corrected chi connectivity index (χ4v) is 2.77. The van der Waals surface area contributed by atoms with Gasteiger partial charge in [-0.05, 0) is 45.0 Å². The van der Waals surface area contributed by atoms with Crippen molar-refractivity contribution in [2.24, 2.45) is 0 Å². The zero-order chi connectivity index (χ0) is 13.7.